The molecule has 0 heterocycles. The molecule has 0 aromatic heterocycles. The van der Waals surface area contributed by atoms with Crippen molar-refractivity contribution in [3.8, 4) is 0 Å². The predicted molar refractivity (Wildman–Crippen MR) is 64.8 cm³/mol. The molecule has 0 unspecified atom stereocenters. The first-order valence-electron chi connectivity index (χ1n) is 5.68. The summed E-state index contributed by atoms with van der Waals surface area (Å²) in [5.74, 6) is 0.445. The van der Waals surface area contributed by atoms with E-state index < -0.39 is 5.60 Å². The molecule has 0 aliphatic heterocycles. The third-order valence-electron chi connectivity index (χ3n) is 3.27. The SMILES string of the molecule is Cc1ccc(C(O)(C(C)C)C(C)C)cc1. The average molecular weight is 206 g/mol. The Labute approximate surface area is 93.1 Å². The molecule has 84 valence electrons. The van der Waals surface area contributed by atoms with Crippen LogP contribution < -0.4 is 0 Å². The topological polar surface area (TPSA) is 20.2 Å². The lowest BCUT2D eigenvalue weighted by atomic mass is 9.75. The lowest BCUT2D eigenvalue weighted by molar-refractivity contribution is -0.0531. The van der Waals surface area contributed by atoms with Crippen LogP contribution in [0.2, 0.25) is 0 Å². The molecular formula is C14H22O. The predicted octanol–water partition coefficient (Wildman–Crippen LogP) is 3.49. The van der Waals surface area contributed by atoms with Crippen LogP contribution in [0.25, 0.3) is 0 Å². The minimum atomic E-state index is -0.715. The number of benzene rings is 1. The Morgan fingerprint density at radius 1 is 0.933 bits per heavy atom. The lowest BCUT2D eigenvalue weighted by Gasteiger charge is -2.36. The van der Waals surface area contributed by atoms with Crippen LogP contribution in [0.15, 0.2) is 24.3 Å². The fraction of sp³-hybridized carbons (Fsp3) is 0.571. The maximum atomic E-state index is 10.7. The lowest BCUT2D eigenvalue weighted by Crippen LogP contribution is -2.37. The molecule has 1 nitrogen and oxygen atoms in total. The van der Waals surface area contributed by atoms with Gasteiger partial charge in [0.15, 0.2) is 0 Å². The molecule has 0 aliphatic carbocycles. The van der Waals surface area contributed by atoms with E-state index in [1.165, 1.54) is 5.56 Å². The quantitative estimate of drug-likeness (QED) is 0.802. The van der Waals surface area contributed by atoms with Gasteiger partial charge in [-0.2, -0.15) is 0 Å². The van der Waals surface area contributed by atoms with Crippen molar-refractivity contribution in [3.05, 3.63) is 35.4 Å². The fourth-order valence-electron chi connectivity index (χ4n) is 2.15. The first-order chi connectivity index (χ1) is 6.89. The summed E-state index contributed by atoms with van der Waals surface area (Å²) in [4.78, 5) is 0. The number of hydrogen-bond acceptors (Lipinski definition) is 1. The molecule has 1 N–H and O–H groups in total. The van der Waals surface area contributed by atoms with Crippen LogP contribution in [-0.2, 0) is 5.60 Å². The van der Waals surface area contributed by atoms with Gasteiger partial charge in [0, 0.05) is 0 Å². The van der Waals surface area contributed by atoms with Crippen LogP contribution in [-0.4, -0.2) is 5.11 Å². The summed E-state index contributed by atoms with van der Waals surface area (Å²) in [6.45, 7) is 10.3. The molecule has 15 heavy (non-hydrogen) atoms. The molecule has 1 aromatic carbocycles. The van der Waals surface area contributed by atoms with E-state index in [2.05, 4.69) is 46.8 Å². The van der Waals surface area contributed by atoms with Gasteiger partial charge in [0.1, 0.15) is 0 Å². The molecule has 0 radical (unpaired) electrons. The van der Waals surface area contributed by atoms with Gasteiger partial charge >= 0.3 is 0 Å². The van der Waals surface area contributed by atoms with E-state index in [1.54, 1.807) is 0 Å². The van der Waals surface area contributed by atoms with E-state index >= 15 is 0 Å². The van der Waals surface area contributed by atoms with E-state index in [4.69, 9.17) is 0 Å². The highest BCUT2D eigenvalue weighted by Crippen LogP contribution is 2.36. The van der Waals surface area contributed by atoms with Crippen LogP contribution in [0.5, 0.6) is 0 Å². The van der Waals surface area contributed by atoms with Gasteiger partial charge in [-0.15, -0.1) is 0 Å². The normalized spacial score (nSPS) is 12.5. The van der Waals surface area contributed by atoms with E-state index in [0.29, 0.717) is 0 Å². The molecule has 0 saturated heterocycles. The van der Waals surface area contributed by atoms with Gasteiger partial charge < -0.3 is 5.11 Å². The Morgan fingerprint density at radius 3 is 1.67 bits per heavy atom. The fourth-order valence-corrected chi connectivity index (χ4v) is 2.15. The Kier molecular flexibility index (Phi) is 3.56. The van der Waals surface area contributed by atoms with Gasteiger partial charge in [0.25, 0.3) is 0 Å². The molecule has 0 bridgehead atoms. The van der Waals surface area contributed by atoms with Crippen LogP contribution in [0, 0.1) is 18.8 Å². The maximum absolute atomic E-state index is 10.7. The largest absolute Gasteiger partial charge is 0.385 e. The van der Waals surface area contributed by atoms with E-state index in [0.717, 1.165) is 5.56 Å². The highest BCUT2D eigenvalue weighted by atomic mass is 16.3. The Bertz CT molecular complexity index is 301. The second-order valence-electron chi connectivity index (χ2n) is 5.00. The van der Waals surface area contributed by atoms with E-state index in [-0.39, 0.29) is 11.8 Å². The number of hydrogen-bond donors (Lipinski definition) is 1. The second-order valence-corrected chi connectivity index (χ2v) is 5.00. The molecule has 0 amide bonds. The summed E-state index contributed by atoms with van der Waals surface area (Å²) in [6.07, 6.45) is 0. The zero-order valence-corrected chi connectivity index (χ0v) is 10.4. The molecule has 0 spiro atoms. The van der Waals surface area contributed by atoms with Crippen molar-refractivity contribution >= 4 is 0 Å². The Hall–Kier alpha value is -0.820. The summed E-state index contributed by atoms with van der Waals surface area (Å²) in [7, 11) is 0. The molecule has 1 rings (SSSR count). The standard InChI is InChI=1S/C14H22O/c1-10(2)14(15,11(3)4)13-8-6-12(5)7-9-13/h6-11,15H,1-5H3. The molecule has 0 saturated carbocycles. The summed E-state index contributed by atoms with van der Waals surface area (Å²) in [5, 5.41) is 10.7. The smallest absolute Gasteiger partial charge is 0.0941 e. The number of rotatable bonds is 3. The van der Waals surface area contributed by atoms with Crippen molar-refractivity contribution in [2.45, 2.75) is 40.2 Å². The van der Waals surface area contributed by atoms with Gasteiger partial charge in [-0.25, -0.2) is 0 Å². The molecule has 0 atom stereocenters. The van der Waals surface area contributed by atoms with Crippen molar-refractivity contribution in [2.24, 2.45) is 11.8 Å². The molecule has 1 aromatic rings. The van der Waals surface area contributed by atoms with Crippen molar-refractivity contribution < 1.29 is 5.11 Å². The summed E-state index contributed by atoms with van der Waals surface area (Å²) >= 11 is 0. The number of aliphatic hydroxyl groups is 1. The molecule has 0 aliphatic rings. The monoisotopic (exact) mass is 206 g/mol. The van der Waals surface area contributed by atoms with Crippen LogP contribution in [0.1, 0.15) is 38.8 Å². The van der Waals surface area contributed by atoms with E-state index in [1.807, 2.05) is 12.1 Å². The molecule has 1 heteroatoms. The summed E-state index contributed by atoms with van der Waals surface area (Å²) in [5.41, 5.74) is 1.54. The van der Waals surface area contributed by atoms with E-state index in [9.17, 15) is 5.11 Å². The maximum Gasteiger partial charge on any atom is 0.0941 e. The van der Waals surface area contributed by atoms with Crippen molar-refractivity contribution in [1.29, 1.82) is 0 Å². The first kappa shape index (κ1) is 12.3. The highest BCUT2D eigenvalue weighted by molar-refractivity contribution is 5.27. The minimum absolute atomic E-state index is 0.222. The minimum Gasteiger partial charge on any atom is -0.385 e. The highest BCUT2D eigenvalue weighted by Gasteiger charge is 2.36. The van der Waals surface area contributed by atoms with Gasteiger partial charge in [-0.1, -0.05) is 57.5 Å². The van der Waals surface area contributed by atoms with Gasteiger partial charge in [-0.3, -0.25) is 0 Å². The Balaban J connectivity index is 3.16. The van der Waals surface area contributed by atoms with Gasteiger partial charge in [0.05, 0.1) is 5.60 Å². The third kappa shape index (κ3) is 2.23. The first-order valence-corrected chi connectivity index (χ1v) is 5.68. The van der Waals surface area contributed by atoms with Crippen molar-refractivity contribution in [3.63, 3.8) is 0 Å². The van der Waals surface area contributed by atoms with Crippen molar-refractivity contribution in [2.75, 3.05) is 0 Å². The third-order valence-corrected chi connectivity index (χ3v) is 3.27. The summed E-state index contributed by atoms with van der Waals surface area (Å²) in [6, 6.07) is 8.20. The van der Waals surface area contributed by atoms with Crippen LogP contribution in [0.4, 0.5) is 0 Å². The zero-order valence-electron chi connectivity index (χ0n) is 10.4. The van der Waals surface area contributed by atoms with Gasteiger partial charge in [0.2, 0.25) is 0 Å². The van der Waals surface area contributed by atoms with Gasteiger partial charge in [-0.05, 0) is 24.3 Å². The summed E-state index contributed by atoms with van der Waals surface area (Å²) < 4.78 is 0. The Morgan fingerprint density at radius 2 is 1.33 bits per heavy atom. The average Bonchev–Trinajstić information content (AvgIpc) is 2.17. The van der Waals surface area contributed by atoms with Crippen LogP contribution >= 0.6 is 0 Å². The zero-order chi connectivity index (χ0) is 11.6. The van der Waals surface area contributed by atoms with Crippen LogP contribution in [0.3, 0.4) is 0 Å². The molecular weight excluding hydrogens is 184 g/mol. The molecule has 0 fully saturated rings. The second kappa shape index (κ2) is 4.36. The van der Waals surface area contributed by atoms with Crippen molar-refractivity contribution in [1.82, 2.24) is 0 Å². The number of aryl methyl sites for hydroxylation is 1.